The van der Waals surface area contributed by atoms with Crippen LogP contribution in [-0.4, -0.2) is 4.98 Å². The lowest BCUT2D eigenvalue weighted by atomic mass is 10.2. The van der Waals surface area contributed by atoms with Crippen LogP contribution in [0.2, 0.25) is 5.02 Å². The molecule has 2 nitrogen and oxygen atoms in total. The Labute approximate surface area is 105 Å². The van der Waals surface area contributed by atoms with Gasteiger partial charge in [-0.2, -0.15) is 0 Å². The number of aryl methyl sites for hydroxylation is 1. The van der Waals surface area contributed by atoms with Crippen LogP contribution in [0, 0.1) is 6.92 Å². The third-order valence-electron chi connectivity index (χ3n) is 1.95. The first-order chi connectivity index (χ1) is 7.08. The van der Waals surface area contributed by atoms with Crippen LogP contribution in [0.1, 0.15) is 5.01 Å². The molecule has 0 aliphatic rings. The first-order valence-corrected chi connectivity index (χ1v) is 6.25. The molecule has 5 heteroatoms. The van der Waals surface area contributed by atoms with Crippen molar-refractivity contribution in [3.8, 4) is 11.3 Å². The number of hydrogen-bond donors (Lipinski definition) is 1. The minimum absolute atomic E-state index is 0.664. The third kappa shape index (κ3) is 2.17. The third-order valence-corrected chi connectivity index (χ3v) is 3.99. The number of nitrogens with two attached hydrogens (primary N) is 1. The maximum Gasteiger partial charge on any atom is 0.114 e. The summed E-state index contributed by atoms with van der Waals surface area (Å²) in [6.45, 7) is 1.94. The zero-order valence-corrected chi connectivity index (χ0v) is 11.1. The molecule has 0 unspecified atom stereocenters. The fourth-order valence-corrected chi connectivity index (χ4v) is 2.44. The Morgan fingerprint density at radius 3 is 2.73 bits per heavy atom. The Morgan fingerprint density at radius 1 is 1.47 bits per heavy atom. The van der Waals surface area contributed by atoms with Crippen molar-refractivity contribution >= 4 is 43.9 Å². The van der Waals surface area contributed by atoms with Gasteiger partial charge in [-0.3, -0.25) is 0 Å². The molecule has 0 radical (unpaired) electrons. The van der Waals surface area contributed by atoms with Crippen LogP contribution in [0.4, 0.5) is 5.00 Å². The minimum atomic E-state index is 0.664. The number of benzene rings is 1. The summed E-state index contributed by atoms with van der Waals surface area (Å²) in [5.41, 5.74) is 7.62. The molecule has 15 heavy (non-hydrogen) atoms. The molecule has 0 aliphatic heterocycles. The van der Waals surface area contributed by atoms with E-state index in [2.05, 4.69) is 20.9 Å². The number of thiazole rings is 1. The summed E-state index contributed by atoms with van der Waals surface area (Å²) in [4.78, 5) is 4.37. The van der Waals surface area contributed by atoms with E-state index < -0.39 is 0 Å². The van der Waals surface area contributed by atoms with E-state index in [1.165, 1.54) is 11.3 Å². The molecule has 1 aromatic heterocycles. The molecule has 0 fully saturated rings. The van der Waals surface area contributed by atoms with Crippen LogP contribution in [0.25, 0.3) is 11.3 Å². The summed E-state index contributed by atoms with van der Waals surface area (Å²) in [5.74, 6) is 0. The second kappa shape index (κ2) is 4.12. The largest absolute Gasteiger partial charge is 0.389 e. The number of rotatable bonds is 1. The summed E-state index contributed by atoms with van der Waals surface area (Å²) in [5, 5.41) is 2.35. The van der Waals surface area contributed by atoms with Crippen molar-refractivity contribution in [1.29, 1.82) is 0 Å². The summed E-state index contributed by atoms with van der Waals surface area (Å²) in [6.07, 6.45) is 0. The number of anilines is 1. The zero-order chi connectivity index (χ0) is 11.0. The quantitative estimate of drug-likeness (QED) is 0.861. The lowest BCUT2D eigenvalue weighted by Crippen LogP contribution is -1.86. The average Bonchev–Trinajstić information content (AvgIpc) is 2.50. The average molecular weight is 304 g/mol. The molecule has 0 saturated heterocycles. The van der Waals surface area contributed by atoms with Gasteiger partial charge in [0.2, 0.25) is 0 Å². The van der Waals surface area contributed by atoms with Crippen molar-refractivity contribution in [2.24, 2.45) is 0 Å². The normalized spacial score (nSPS) is 10.6. The number of nitrogen functional groups attached to an aromatic ring is 1. The van der Waals surface area contributed by atoms with Crippen molar-refractivity contribution in [3.63, 3.8) is 0 Å². The summed E-state index contributed by atoms with van der Waals surface area (Å²) in [7, 11) is 0. The van der Waals surface area contributed by atoms with E-state index in [-0.39, 0.29) is 0 Å². The zero-order valence-electron chi connectivity index (χ0n) is 7.92. The maximum absolute atomic E-state index is 6.01. The van der Waals surface area contributed by atoms with Gasteiger partial charge in [0.1, 0.15) is 10.7 Å². The van der Waals surface area contributed by atoms with Crippen LogP contribution in [0.3, 0.4) is 0 Å². The highest BCUT2D eigenvalue weighted by molar-refractivity contribution is 9.10. The molecule has 2 aromatic rings. The standard InChI is InChI=1S/C10H8BrClN2S/c1-5-14-9(10(13)15-5)6-2-3-7(11)8(12)4-6/h2-4H,13H2,1H3. The second-order valence-electron chi connectivity index (χ2n) is 3.07. The topological polar surface area (TPSA) is 38.9 Å². The number of hydrogen-bond acceptors (Lipinski definition) is 3. The Balaban J connectivity index is 2.54. The molecule has 78 valence electrons. The van der Waals surface area contributed by atoms with Gasteiger partial charge in [-0.05, 0) is 35.0 Å². The van der Waals surface area contributed by atoms with Gasteiger partial charge >= 0.3 is 0 Å². The highest BCUT2D eigenvalue weighted by Gasteiger charge is 2.09. The fourth-order valence-electron chi connectivity index (χ4n) is 1.29. The SMILES string of the molecule is Cc1nc(-c2ccc(Br)c(Cl)c2)c(N)s1. The molecule has 1 aromatic carbocycles. The van der Waals surface area contributed by atoms with Crippen LogP contribution in [-0.2, 0) is 0 Å². The molecule has 0 amide bonds. The van der Waals surface area contributed by atoms with Gasteiger partial charge in [-0.15, -0.1) is 11.3 Å². The Hall–Kier alpha value is -0.580. The molecular formula is C10H8BrClN2S. The smallest absolute Gasteiger partial charge is 0.114 e. The van der Waals surface area contributed by atoms with E-state index in [9.17, 15) is 0 Å². The first-order valence-electron chi connectivity index (χ1n) is 4.26. The van der Waals surface area contributed by atoms with Crippen molar-refractivity contribution in [2.45, 2.75) is 6.92 Å². The second-order valence-corrected chi connectivity index (χ2v) is 5.57. The van der Waals surface area contributed by atoms with Crippen molar-refractivity contribution in [2.75, 3.05) is 5.73 Å². The summed E-state index contributed by atoms with van der Waals surface area (Å²) < 4.78 is 0.874. The van der Waals surface area contributed by atoms with Gasteiger partial charge in [0, 0.05) is 10.0 Å². The Morgan fingerprint density at radius 2 is 2.20 bits per heavy atom. The van der Waals surface area contributed by atoms with Gasteiger partial charge < -0.3 is 5.73 Å². The van der Waals surface area contributed by atoms with Gasteiger partial charge in [0.25, 0.3) is 0 Å². The van der Waals surface area contributed by atoms with E-state index in [0.717, 1.165) is 25.7 Å². The summed E-state index contributed by atoms with van der Waals surface area (Å²) in [6, 6.07) is 5.70. The van der Waals surface area contributed by atoms with Crippen LogP contribution >= 0.6 is 38.9 Å². The monoisotopic (exact) mass is 302 g/mol. The van der Waals surface area contributed by atoms with Crippen LogP contribution in [0.5, 0.6) is 0 Å². The van der Waals surface area contributed by atoms with Gasteiger partial charge in [-0.25, -0.2) is 4.98 Å². The van der Waals surface area contributed by atoms with E-state index in [1.807, 2.05) is 25.1 Å². The van der Waals surface area contributed by atoms with Gasteiger partial charge in [0.05, 0.1) is 10.0 Å². The van der Waals surface area contributed by atoms with Crippen LogP contribution < -0.4 is 5.73 Å². The van der Waals surface area contributed by atoms with E-state index in [0.29, 0.717) is 5.02 Å². The van der Waals surface area contributed by atoms with Crippen LogP contribution in [0.15, 0.2) is 22.7 Å². The molecule has 0 atom stereocenters. The van der Waals surface area contributed by atoms with Crippen molar-refractivity contribution < 1.29 is 0 Å². The molecule has 0 saturated carbocycles. The Kier molecular flexibility index (Phi) is 3.00. The van der Waals surface area contributed by atoms with Crippen molar-refractivity contribution in [1.82, 2.24) is 4.98 Å². The Bertz CT molecular complexity index is 510. The highest BCUT2D eigenvalue weighted by Crippen LogP contribution is 2.33. The molecule has 0 spiro atoms. The van der Waals surface area contributed by atoms with Gasteiger partial charge in [0.15, 0.2) is 0 Å². The molecule has 1 heterocycles. The van der Waals surface area contributed by atoms with E-state index in [4.69, 9.17) is 17.3 Å². The lowest BCUT2D eigenvalue weighted by molar-refractivity contribution is 1.30. The summed E-state index contributed by atoms with van der Waals surface area (Å²) >= 11 is 10.8. The predicted octanol–water partition coefficient (Wildman–Crippen LogP) is 4.12. The highest BCUT2D eigenvalue weighted by atomic mass is 79.9. The molecule has 0 aliphatic carbocycles. The molecule has 0 bridgehead atoms. The maximum atomic E-state index is 6.01. The molecule has 2 N–H and O–H groups in total. The first kappa shape index (κ1) is 10.9. The molecule has 2 rings (SSSR count). The van der Waals surface area contributed by atoms with Gasteiger partial charge in [-0.1, -0.05) is 17.7 Å². The lowest BCUT2D eigenvalue weighted by Gasteiger charge is -2.01. The predicted molar refractivity (Wildman–Crippen MR) is 69.4 cm³/mol. The number of aromatic nitrogens is 1. The van der Waals surface area contributed by atoms with E-state index >= 15 is 0 Å². The minimum Gasteiger partial charge on any atom is -0.389 e. The number of halogens is 2. The number of nitrogens with zero attached hydrogens (tertiary/aromatic N) is 1. The fraction of sp³-hybridized carbons (Fsp3) is 0.100. The van der Waals surface area contributed by atoms with E-state index in [1.54, 1.807) is 0 Å². The van der Waals surface area contributed by atoms with Crippen molar-refractivity contribution in [3.05, 3.63) is 32.7 Å². The molecular weight excluding hydrogens is 296 g/mol.